The van der Waals surface area contributed by atoms with Crippen molar-refractivity contribution in [3.63, 3.8) is 0 Å². The van der Waals surface area contributed by atoms with Gasteiger partial charge in [0.2, 0.25) is 5.91 Å². The lowest BCUT2D eigenvalue weighted by Crippen LogP contribution is -2.42. The van der Waals surface area contributed by atoms with Crippen molar-refractivity contribution in [1.82, 2.24) is 16.3 Å². The average Bonchev–Trinajstić information content (AvgIpc) is 3.45. The summed E-state index contributed by atoms with van der Waals surface area (Å²) in [6, 6.07) is 12.8. The van der Waals surface area contributed by atoms with E-state index in [4.69, 9.17) is 4.42 Å². The second-order valence-corrected chi connectivity index (χ2v) is 8.30. The Morgan fingerprint density at radius 1 is 1.03 bits per heavy atom. The van der Waals surface area contributed by atoms with Crippen LogP contribution in [0.1, 0.15) is 55.5 Å². The maximum Gasteiger partial charge on any atom is 0.305 e. The first kappa shape index (κ1) is 21.5. The highest BCUT2D eigenvalue weighted by Crippen LogP contribution is 2.29. The second kappa shape index (κ2) is 9.61. The SMILES string of the molecule is Cc1c(C(=O)NNC(=O)Cc2ccccc2)oc2c1/C(=N/NC(=O)c1cccs1)CCC2. The summed E-state index contributed by atoms with van der Waals surface area (Å²) in [5.41, 5.74) is 10.3. The molecule has 3 amide bonds. The number of thiophene rings is 1. The van der Waals surface area contributed by atoms with Crippen molar-refractivity contribution >= 4 is 34.8 Å². The van der Waals surface area contributed by atoms with Crippen LogP contribution in [-0.2, 0) is 17.6 Å². The van der Waals surface area contributed by atoms with Crippen molar-refractivity contribution in [3.05, 3.63) is 80.9 Å². The van der Waals surface area contributed by atoms with E-state index in [9.17, 15) is 14.4 Å². The van der Waals surface area contributed by atoms with E-state index in [1.54, 1.807) is 19.1 Å². The van der Waals surface area contributed by atoms with E-state index in [2.05, 4.69) is 21.4 Å². The number of benzene rings is 1. The highest BCUT2D eigenvalue weighted by Gasteiger charge is 2.28. The van der Waals surface area contributed by atoms with Gasteiger partial charge in [-0.2, -0.15) is 5.10 Å². The largest absolute Gasteiger partial charge is 0.455 e. The molecular weight excluding hydrogens is 428 g/mol. The first-order chi connectivity index (χ1) is 15.5. The number of furan rings is 1. The van der Waals surface area contributed by atoms with Gasteiger partial charge in [-0.05, 0) is 36.8 Å². The van der Waals surface area contributed by atoms with Crippen LogP contribution in [-0.4, -0.2) is 23.4 Å². The van der Waals surface area contributed by atoms with Gasteiger partial charge < -0.3 is 4.42 Å². The molecule has 0 bridgehead atoms. The van der Waals surface area contributed by atoms with Crippen LogP contribution in [0.15, 0.2) is 57.4 Å². The first-order valence-electron chi connectivity index (χ1n) is 10.2. The summed E-state index contributed by atoms with van der Waals surface area (Å²) in [4.78, 5) is 37.5. The smallest absolute Gasteiger partial charge is 0.305 e. The molecule has 1 aromatic carbocycles. The molecule has 1 aliphatic rings. The predicted octanol–water partition coefficient (Wildman–Crippen LogP) is 3.12. The third-order valence-corrected chi connectivity index (χ3v) is 5.96. The summed E-state index contributed by atoms with van der Waals surface area (Å²) in [6.07, 6.45) is 2.27. The zero-order valence-electron chi connectivity index (χ0n) is 17.4. The van der Waals surface area contributed by atoms with Crippen molar-refractivity contribution in [3.8, 4) is 0 Å². The maximum atomic E-state index is 12.6. The van der Waals surface area contributed by atoms with Gasteiger partial charge in [0.05, 0.1) is 17.0 Å². The summed E-state index contributed by atoms with van der Waals surface area (Å²) in [7, 11) is 0. The zero-order valence-corrected chi connectivity index (χ0v) is 18.3. The third kappa shape index (κ3) is 4.78. The minimum absolute atomic E-state index is 0.120. The van der Waals surface area contributed by atoms with E-state index < -0.39 is 5.91 Å². The molecule has 8 nitrogen and oxygen atoms in total. The van der Waals surface area contributed by atoms with Crippen molar-refractivity contribution < 1.29 is 18.8 Å². The maximum absolute atomic E-state index is 12.6. The number of nitrogens with one attached hydrogen (secondary N) is 3. The standard InChI is InChI=1S/C23H22N4O4S/c1-14-20-16(24-26-22(29)18-11-6-12-32-18)9-5-10-17(20)31-21(14)23(30)27-25-19(28)13-15-7-3-2-4-8-15/h2-4,6-8,11-12H,5,9-10,13H2,1H3,(H,25,28)(H,26,29)(H,27,30)/b24-16+. The quantitative estimate of drug-likeness (QED) is 0.518. The normalized spacial score (nSPS) is 14.0. The van der Waals surface area contributed by atoms with Crippen LogP contribution in [0.25, 0.3) is 0 Å². The molecule has 1 aliphatic carbocycles. The lowest BCUT2D eigenvalue weighted by molar-refractivity contribution is -0.121. The van der Waals surface area contributed by atoms with Crippen LogP contribution in [0.4, 0.5) is 0 Å². The van der Waals surface area contributed by atoms with Crippen LogP contribution < -0.4 is 16.3 Å². The molecule has 2 heterocycles. The Balaban J connectivity index is 1.43. The molecule has 2 aromatic heterocycles. The highest BCUT2D eigenvalue weighted by molar-refractivity contribution is 7.12. The van der Waals surface area contributed by atoms with Crippen molar-refractivity contribution in [2.75, 3.05) is 0 Å². The summed E-state index contributed by atoms with van der Waals surface area (Å²) in [6.45, 7) is 1.77. The molecule has 0 saturated carbocycles. The summed E-state index contributed by atoms with van der Waals surface area (Å²) in [5, 5.41) is 6.12. The third-order valence-electron chi connectivity index (χ3n) is 5.09. The number of carbonyl (C=O) groups excluding carboxylic acids is 3. The number of hydrazine groups is 1. The molecule has 0 spiro atoms. The van der Waals surface area contributed by atoms with Crippen molar-refractivity contribution in [2.24, 2.45) is 5.10 Å². The Labute approximate surface area is 188 Å². The van der Waals surface area contributed by atoms with Gasteiger partial charge in [-0.15, -0.1) is 11.3 Å². The van der Waals surface area contributed by atoms with E-state index in [-0.39, 0.29) is 24.0 Å². The zero-order chi connectivity index (χ0) is 22.5. The topological polar surface area (TPSA) is 113 Å². The summed E-state index contributed by atoms with van der Waals surface area (Å²) >= 11 is 1.34. The van der Waals surface area contributed by atoms with E-state index in [1.165, 1.54) is 11.3 Å². The molecule has 9 heteroatoms. The molecule has 32 heavy (non-hydrogen) atoms. The van der Waals surface area contributed by atoms with Crippen LogP contribution in [0.5, 0.6) is 0 Å². The molecule has 0 fully saturated rings. The molecule has 3 N–H and O–H groups in total. The van der Waals surface area contributed by atoms with Gasteiger partial charge in [-0.1, -0.05) is 36.4 Å². The lowest BCUT2D eigenvalue weighted by atomic mass is 9.93. The number of hydrogen-bond donors (Lipinski definition) is 3. The molecule has 0 atom stereocenters. The fourth-order valence-corrected chi connectivity index (χ4v) is 4.20. The Morgan fingerprint density at radius 3 is 2.59 bits per heavy atom. The number of aryl methyl sites for hydroxylation is 1. The number of amides is 3. The van der Waals surface area contributed by atoms with Gasteiger partial charge in [0.25, 0.3) is 5.91 Å². The average molecular weight is 451 g/mol. The van der Waals surface area contributed by atoms with Gasteiger partial charge in [-0.25, -0.2) is 5.43 Å². The van der Waals surface area contributed by atoms with Crippen LogP contribution in [0, 0.1) is 6.92 Å². The van der Waals surface area contributed by atoms with Crippen LogP contribution >= 0.6 is 11.3 Å². The second-order valence-electron chi connectivity index (χ2n) is 7.35. The summed E-state index contributed by atoms with van der Waals surface area (Å²) in [5.74, 6) is -0.384. The number of carbonyl (C=O) groups is 3. The highest BCUT2D eigenvalue weighted by atomic mass is 32.1. The summed E-state index contributed by atoms with van der Waals surface area (Å²) < 4.78 is 5.80. The van der Waals surface area contributed by atoms with Crippen LogP contribution in [0.2, 0.25) is 0 Å². The van der Waals surface area contributed by atoms with Crippen molar-refractivity contribution in [1.29, 1.82) is 0 Å². The first-order valence-corrected chi connectivity index (χ1v) is 11.1. The molecule has 0 saturated heterocycles. The van der Waals surface area contributed by atoms with Gasteiger partial charge >= 0.3 is 5.91 Å². The van der Waals surface area contributed by atoms with Gasteiger partial charge in [0.1, 0.15) is 5.76 Å². The molecule has 3 aromatic rings. The Kier molecular flexibility index (Phi) is 6.46. The molecular formula is C23H22N4O4S. The lowest BCUT2D eigenvalue weighted by Gasteiger charge is -2.13. The minimum atomic E-state index is -0.541. The Hall–Kier alpha value is -3.72. The fraction of sp³-hybridized carbons (Fsp3) is 0.217. The number of fused-ring (bicyclic) bond motifs is 1. The van der Waals surface area contributed by atoms with Crippen molar-refractivity contribution in [2.45, 2.75) is 32.6 Å². The number of hydrazone groups is 1. The molecule has 4 rings (SSSR count). The molecule has 0 radical (unpaired) electrons. The van der Waals surface area contributed by atoms with Gasteiger partial charge in [0.15, 0.2) is 5.76 Å². The Bertz CT molecular complexity index is 1170. The number of nitrogens with zero attached hydrogens (tertiary/aromatic N) is 1. The van der Waals surface area contributed by atoms with Crippen LogP contribution in [0.3, 0.4) is 0 Å². The predicted molar refractivity (Wildman–Crippen MR) is 120 cm³/mol. The van der Waals surface area contributed by atoms with E-state index in [0.717, 1.165) is 17.5 Å². The Morgan fingerprint density at radius 2 is 1.84 bits per heavy atom. The van der Waals surface area contributed by atoms with E-state index >= 15 is 0 Å². The number of hydrogen-bond acceptors (Lipinski definition) is 6. The fourth-order valence-electron chi connectivity index (χ4n) is 3.59. The van der Waals surface area contributed by atoms with Gasteiger partial charge in [-0.3, -0.25) is 25.2 Å². The van der Waals surface area contributed by atoms with Gasteiger partial charge in [0, 0.05) is 17.5 Å². The van der Waals surface area contributed by atoms with E-state index in [0.29, 0.717) is 34.8 Å². The molecule has 0 aliphatic heterocycles. The monoisotopic (exact) mass is 450 g/mol. The number of rotatable bonds is 5. The molecule has 0 unspecified atom stereocenters. The molecule has 164 valence electrons. The van der Waals surface area contributed by atoms with E-state index in [1.807, 2.05) is 35.7 Å². The minimum Gasteiger partial charge on any atom is -0.455 e.